The van der Waals surface area contributed by atoms with E-state index in [0.717, 1.165) is 12.8 Å². The summed E-state index contributed by atoms with van der Waals surface area (Å²) in [5, 5.41) is 8.08. The van der Waals surface area contributed by atoms with Crippen molar-refractivity contribution in [2.24, 2.45) is 11.8 Å². The number of nitrogens with one attached hydrogen (secondary N) is 4. The van der Waals surface area contributed by atoms with E-state index >= 15 is 0 Å². The Labute approximate surface area is 208 Å². The molecule has 1 aliphatic heterocycles. The van der Waals surface area contributed by atoms with Gasteiger partial charge in [-0.2, -0.15) is 0 Å². The molecule has 0 spiro atoms. The number of aromatic amines is 1. The van der Waals surface area contributed by atoms with E-state index in [2.05, 4.69) is 25.7 Å². The number of alkyl halides is 3. The minimum absolute atomic E-state index is 0.0861. The van der Waals surface area contributed by atoms with Gasteiger partial charge < -0.3 is 20.9 Å². The number of hydrogen-bond acceptors (Lipinski definition) is 5. The molecular weight excluding hydrogens is 500 g/mol. The Morgan fingerprint density at radius 2 is 1.81 bits per heavy atom. The first-order chi connectivity index (χ1) is 17.5. The fourth-order valence-corrected chi connectivity index (χ4v) is 4.33. The largest absolute Gasteiger partial charge is 0.522 e. The molecule has 200 valence electrons. The summed E-state index contributed by atoms with van der Waals surface area (Å²) in [7, 11) is 0. The second-order valence-electron chi connectivity index (χ2n) is 9.39. The van der Waals surface area contributed by atoms with Crippen LogP contribution in [0.2, 0.25) is 0 Å². The molecule has 4 N–H and O–H groups in total. The van der Waals surface area contributed by atoms with E-state index < -0.39 is 54.4 Å². The summed E-state index contributed by atoms with van der Waals surface area (Å²) in [5.41, 5.74) is 0.600. The lowest BCUT2D eigenvalue weighted by atomic mass is 9.95. The van der Waals surface area contributed by atoms with Crippen molar-refractivity contribution in [3.05, 3.63) is 35.8 Å². The summed E-state index contributed by atoms with van der Waals surface area (Å²) in [6.45, 7) is -0.972. The minimum Gasteiger partial charge on any atom is -0.356 e. The molecule has 1 saturated heterocycles. The number of aromatic nitrogens is 1. The van der Waals surface area contributed by atoms with Gasteiger partial charge in [0.2, 0.25) is 11.8 Å². The van der Waals surface area contributed by atoms with Crippen molar-refractivity contribution in [1.29, 1.82) is 0 Å². The number of fused-ring (bicyclic) bond motifs is 1. The summed E-state index contributed by atoms with van der Waals surface area (Å²) in [5.74, 6) is -3.78. The Balaban J connectivity index is 1.47. The maximum absolute atomic E-state index is 13.5. The van der Waals surface area contributed by atoms with E-state index in [-0.39, 0.29) is 30.4 Å². The second kappa shape index (κ2) is 10.9. The lowest BCUT2D eigenvalue weighted by molar-refractivity contribution is -0.321. The second-order valence-corrected chi connectivity index (χ2v) is 9.39. The predicted octanol–water partition coefficient (Wildman–Crippen LogP) is 2.32. The molecule has 2 fully saturated rings. The molecule has 2 aliphatic rings. The molecule has 1 saturated carbocycles. The Hall–Kier alpha value is -3.48. The van der Waals surface area contributed by atoms with Crippen molar-refractivity contribution < 1.29 is 41.5 Å². The van der Waals surface area contributed by atoms with Gasteiger partial charge in [-0.15, -0.1) is 13.2 Å². The lowest BCUT2D eigenvalue weighted by Crippen LogP contribution is -2.53. The smallest absolute Gasteiger partial charge is 0.356 e. The van der Waals surface area contributed by atoms with E-state index in [9.17, 15) is 36.7 Å². The van der Waals surface area contributed by atoms with Crippen molar-refractivity contribution in [3.63, 3.8) is 0 Å². The molecule has 4 rings (SSSR count). The molecule has 9 nitrogen and oxygen atoms in total. The van der Waals surface area contributed by atoms with Gasteiger partial charge >= 0.3 is 6.36 Å². The first-order valence-electron chi connectivity index (χ1n) is 11.9. The topological polar surface area (TPSA) is 129 Å². The third-order valence-corrected chi connectivity index (χ3v) is 6.48. The number of benzene rings is 1. The molecule has 37 heavy (non-hydrogen) atoms. The first-order valence-corrected chi connectivity index (χ1v) is 11.9. The van der Waals surface area contributed by atoms with Crippen molar-refractivity contribution in [2.75, 3.05) is 13.2 Å². The zero-order valence-corrected chi connectivity index (χ0v) is 19.6. The normalized spacial score (nSPS) is 19.4. The van der Waals surface area contributed by atoms with Gasteiger partial charge in [0.05, 0.1) is 6.04 Å². The maximum Gasteiger partial charge on any atom is 0.522 e. The van der Waals surface area contributed by atoms with Crippen LogP contribution < -0.4 is 16.0 Å². The van der Waals surface area contributed by atoms with Gasteiger partial charge in [0.25, 0.3) is 5.91 Å². The zero-order valence-electron chi connectivity index (χ0n) is 19.6. The van der Waals surface area contributed by atoms with Gasteiger partial charge in [0.1, 0.15) is 24.2 Å². The van der Waals surface area contributed by atoms with Crippen LogP contribution in [0.1, 0.15) is 42.6 Å². The summed E-state index contributed by atoms with van der Waals surface area (Å²) < 4.78 is 54.6. The van der Waals surface area contributed by atoms with Crippen LogP contribution in [0.25, 0.3) is 10.9 Å². The first kappa shape index (κ1) is 26.6. The van der Waals surface area contributed by atoms with Gasteiger partial charge in [0, 0.05) is 23.4 Å². The molecule has 0 bridgehead atoms. The molecule has 1 aliphatic carbocycles. The van der Waals surface area contributed by atoms with Crippen molar-refractivity contribution in [1.82, 2.24) is 20.9 Å². The standard InChI is InChI=1S/C24H26F4N4O5/c25-15-3-4-16-14(8-15)10-19(30-16)23(36)32-18(7-12-1-2-12)22(35)31-17(9-13-5-6-29-21(13)34)20(33)11-37-24(26,27)28/h3-4,8,10,12-13,17-18,30H,1-2,5-7,9,11H2,(H,29,34)(H,31,35)(H,32,36). The summed E-state index contributed by atoms with van der Waals surface area (Å²) in [4.78, 5) is 53.4. The van der Waals surface area contributed by atoms with Crippen LogP contribution in [0.4, 0.5) is 17.6 Å². The number of Topliss-reactive ketones (excluding diaryl/α,β-unsaturated/α-hetero) is 1. The van der Waals surface area contributed by atoms with Gasteiger partial charge in [-0.05, 0) is 49.4 Å². The number of ketones is 1. The zero-order chi connectivity index (χ0) is 26.7. The Bertz CT molecular complexity index is 1190. The number of ether oxygens (including phenoxy) is 1. The van der Waals surface area contributed by atoms with E-state index in [4.69, 9.17) is 0 Å². The maximum atomic E-state index is 13.5. The third-order valence-electron chi connectivity index (χ3n) is 6.48. The Morgan fingerprint density at radius 3 is 2.46 bits per heavy atom. The SMILES string of the molecule is O=C(NC(CC1CC1)C(=O)NC(CC1CCNC1=O)C(=O)COC(F)(F)F)c1cc2cc(F)ccc2[nH]1. The average Bonchev–Trinajstić information content (AvgIpc) is 3.40. The van der Waals surface area contributed by atoms with Gasteiger partial charge in [-0.1, -0.05) is 12.8 Å². The van der Waals surface area contributed by atoms with Gasteiger partial charge in [0.15, 0.2) is 5.78 Å². The number of carbonyl (C=O) groups excluding carboxylic acids is 4. The van der Waals surface area contributed by atoms with Gasteiger partial charge in [-0.3, -0.25) is 23.9 Å². The highest BCUT2D eigenvalue weighted by atomic mass is 19.4. The van der Waals surface area contributed by atoms with E-state index in [1.54, 1.807) is 0 Å². The molecular formula is C24H26F4N4O5. The third kappa shape index (κ3) is 7.28. The van der Waals surface area contributed by atoms with E-state index in [1.165, 1.54) is 24.3 Å². The fourth-order valence-electron chi connectivity index (χ4n) is 4.33. The molecule has 1 aromatic carbocycles. The fraction of sp³-hybridized carbons (Fsp3) is 0.500. The molecule has 1 aromatic heterocycles. The van der Waals surface area contributed by atoms with Crippen LogP contribution in [0.3, 0.4) is 0 Å². The molecule has 3 atom stereocenters. The molecule has 2 heterocycles. The quantitative estimate of drug-likeness (QED) is 0.334. The molecule has 3 unspecified atom stereocenters. The summed E-state index contributed by atoms with van der Waals surface area (Å²) in [6.07, 6.45) is -2.93. The van der Waals surface area contributed by atoms with E-state index in [0.29, 0.717) is 23.9 Å². The van der Waals surface area contributed by atoms with Crippen molar-refractivity contribution >= 4 is 34.4 Å². The predicted molar refractivity (Wildman–Crippen MR) is 122 cm³/mol. The van der Waals surface area contributed by atoms with Crippen LogP contribution in [0.5, 0.6) is 0 Å². The highest BCUT2D eigenvalue weighted by Gasteiger charge is 2.37. The van der Waals surface area contributed by atoms with Crippen molar-refractivity contribution in [3.8, 4) is 0 Å². The molecule has 3 amide bonds. The Kier molecular flexibility index (Phi) is 7.81. The van der Waals surface area contributed by atoms with Crippen LogP contribution in [-0.2, 0) is 19.1 Å². The lowest BCUT2D eigenvalue weighted by Gasteiger charge is -2.24. The van der Waals surface area contributed by atoms with Crippen LogP contribution in [0, 0.1) is 17.7 Å². The van der Waals surface area contributed by atoms with E-state index in [1.807, 2.05) is 0 Å². The minimum atomic E-state index is -5.04. The molecule has 0 radical (unpaired) electrons. The number of carbonyl (C=O) groups is 4. The highest BCUT2D eigenvalue weighted by Crippen LogP contribution is 2.33. The summed E-state index contributed by atoms with van der Waals surface area (Å²) >= 11 is 0. The number of amides is 3. The highest BCUT2D eigenvalue weighted by molar-refractivity contribution is 6.01. The van der Waals surface area contributed by atoms with Crippen LogP contribution in [-0.4, -0.2) is 60.1 Å². The van der Waals surface area contributed by atoms with Crippen molar-refractivity contribution in [2.45, 2.75) is 50.6 Å². The number of H-pyrrole nitrogens is 1. The number of halogens is 4. The average molecular weight is 526 g/mol. The Morgan fingerprint density at radius 1 is 1.05 bits per heavy atom. The molecule has 2 aromatic rings. The van der Waals surface area contributed by atoms with Crippen LogP contribution >= 0.6 is 0 Å². The molecule has 13 heteroatoms. The van der Waals surface area contributed by atoms with Crippen LogP contribution in [0.15, 0.2) is 24.3 Å². The monoisotopic (exact) mass is 526 g/mol. The van der Waals surface area contributed by atoms with Gasteiger partial charge in [-0.25, -0.2) is 4.39 Å². The number of rotatable bonds is 11. The summed E-state index contributed by atoms with van der Waals surface area (Å²) in [6, 6.07) is 2.87. The number of hydrogen-bond donors (Lipinski definition) is 4.